The molecular weight excluding hydrogens is 295 g/mol. The van der Waals surface area contributed by atoms with Crippen LogP contribution in [0.3, 0.4) is 0 Å². The summed E-state index contributed by atoms with van der Waals surface area (Å²) in [4.78, 5) is 2.35. The zero-order valence-electron chi connectivity index (χ0n) is 13.4. The van der Waals surface area contributed by atoms with E-state index >= 15 is 0 Å². The molecule has 2 aromatic rings. The first kappa shape index (κ1) is 16.2. The van der Waals surface area contributed by atoms with Crippen molar-refractivity contribution in [3.63, 3.8) is 0 Å². The second-order valence-electron chi connectivity index (χ2n) is 5.86. The van der Waals surface area contributed by atoms with Crippen LogP contribution in [0.2, 0.25) is 0 Å². The van der Waals surface area contributed by atoms with E-state index in [-0.39, 0.29) is 11.9 Å². The highest BCUT2D eigenvalue weighted by Crippen LogP contribution is 2.22. The summed E-state index contributed by atoms with van der Waals surface area (Å²) in [6, 6.07) is 10.9. The number of morpholine rings is 1. The van der Waals surface area contributed by atoms with Gasteiger partial charge in [-0.2, -0.15) is 0 Å². The quantitative estimate of drug-likeness (QED) is 0.889. The third kappa shape index (κ3) is 4.41. The molecule has 1 aliphatic rings. The number of hydrogen-bond donors (Lipinski definition) is 1. The van der Waals surface area contributed by atoms with Gasteiger partial charge in [0.25, 0.3) is 0 Å². The first-order chi connectivity index (χ1) is 11.2. The van der Waals surface area contributed by atoms with Gasteiger partial charge in [-0.05, 0) is 36.8 Å². The highest BCUT2D eigenvalue weighted by molar-refractivity contribution is 5.21. The van der Waals surface area contributed by atoms with Crippen molar-refractivity contribution in [2.75, 3.05) is 32.8 Å². The van der Waals surface area contributed by atoms with Crippen LogP contribution in [0.25, 0.3) is 0 Å². The van der Waals surface area contributed by atoms with E-state index < -0.39 is 0 Å². The van der Waals surface area contributed by atoms with Crippen molar-refractivity contribution in [3.05, 3.63) is 59.3 Å². The second-order valence-corrected chi connectivity index (χ2v) is 5.86. The predicted octanol–water partition coefficient (Wildman–Crippen LogP) is 2.89. The number of hydrogen-bond acceptors (Lipinski definition) is 4. The summed E-state index contributed by atoms with van der Waals surface area (Å²) in [5.41, 5.74) is 0.995. The van der Waals surface area contributed by atoms with Crippen LogP contribution in [0.15, 0.2) is 40.8 Å². The molecule has 2 heterocycles. The van der Waals surface area contributed by atoms with E-state index in [1.165, 1.54) is 6.07 Å². The Labute approximate surface area is 136 Å². The number of benzene rings is 1. The normalized spacial score (nSPS) is 17.3. The molecule has 0 bridgehead atoms. The summed E-state index contributed by atoms with van der Waals surface area (Å²) in [5, 5.41) is 3.43. The lowest BCUT2D eigenvalue weighted by Gasteiger charge is -2.35. The first-order valence-corrected chi connectivity index (χ1v) is 8.05. The maximum atomic E-state index is 13.6. The smallest absolute Gasteiger partial charge is 0.123 e. The predicted molar refractivity (Wildman–Crippen MR) is 86.7 cm³/mol. The minimum absolute atomic E-state index is 0.130. The summed E-state index contributed by atoms with van der Waals surface area (Å²) < 4.78 is 24.6. The van der Waals surface area contributed by atoms with Gasteiger partial charge < -0.3 is 14.5 Å². The van der Waals surface area contributed by atoms with Crippen molar-refractivity contribution in [1.29, 1.82) is 0 Å². The van der Waals surface area contributed by atoms with Crippen LogP contribution in [0.1, 0.15) is 23.1 Å². The number of rotatable bonds is 6. The molecule has 3 rings (SSSR count). The summed E-state index contributed by atoms with van der Waals surface area (Å²) >= 11 is 0. The van der Waals surface area contributed by atoms with Gasteiger partial charge >= 0.3 is 0 Å². The van der Waals surface area contributed by atoms with E-state index in [2.05, 4.69) is 10.2 Å². The molecule has 1 aromatic carbocycles. The van der Waals surface area contributed by atoms with E-state index in [1.54, 1.807) is 12.1 Å². The fraction of sp³-hybridized carbons (Fsp3) is 0.444. The third-order valence-electron chi connectivity index (χ3n) is 4.15. The molecule has 1 unspecified atom stereocenters. The molecule has 4 nitrogen and oxygen atoms in total. The van der Waals surface area contributed by atoms with Crippen LogP contribution in [-0.4, -0.2) is 37.7 Å². The lowest BCUT2D eigenvalue weighted by atomic mass is 10.0. The highest BCUT2D eigenvalue weighted by Gasteiger charge is 2.22. The molecule has 23 heavy (non-hydrogen) atoms. The van der Waals surface area contributed by atoms with E-state index in [0.29, 0.717) is 6.54 Å². The molecule has 1 aromatic heterocycles. The first-order valence-electron chi connectivity index (χ1n) is 8.05. The number of halogens is 1. The van der Waals surface area contributed by atoms with E-state index in [1.807, 2.05) is 25.1 Å². The van der Waals surface area contributed by atoms with Crippen molar-refractivity contribution < 1.29 is 13.5 Å². The minimum Gasteiger partial charge on any atom is -0.465 e. The third-order valence-corrected chi connectivity index (χ3v) is 4.15. The van der Waals surface area contributed by atoms with Crippen molar-refractivity contribution >= 4 is 0 Å². The van der Waals surface area contributed by atoms with Crippen LogP contribution in [0, 0.1) is 12.7 Å². The van der Waals surface area contributed by atoms with Gasteiger partial charge in [0.1, 0.15) is 17.3 Å². The molecule has 1 fully saturated rings. The Kier molecular flexibility index (Phi) is 5.43. The molecule has 1 aliphatic heterocycles. The Morgan fingerprint density at radius 1 is 1.22 bits per heavy atom. The Bertz CT molecular complexity index is 623. The van der Waals surface area contributed by atoms with Gasteiger partial charge in [-0.3, -0.25) is 4.90 Å². The molecular formula is C18H23FN2O2. The van der Waals surface area contributed by atoms with Gasteiger partial charge in [0.15, 0.2) is 0 Å². The largest absolute Gasteiger partial charge is 0.465 e. The molecule has 1 saturated heterocycles. The second kappa shape index (κ2) is 7.73. The maximum absolute atomic E-state index is 13.6. The van der Waals surface area contributed by atoms with Gasteiger partial charge in [0.2, 0.25) is 0 Å². The van der Waals surface area contributed by atoms with Crippen LogP contribution in [0.4, 0.5) is 4.39 Å². The van der Waals surface area contributed by atoms with Crippen LogP contribution >= 0.6 is 0 Å². The summed E-state index contributed by atoms with van der Waals surface area (Å²) in [6.45, 7) is 6.53. The minimum atomic E-state index is -0.192. The van der Waals surface area contributed by atoms with Gasteiger partial charge in [0, 0.05) is 25.7 Å². The molecule has 0 spiro atoms. The number of nitrogens with zero attached hydrogens (tertiary/aromatic N) is 1. The monoisotopic (exact) mass is 318 g/mol. The molecule has 124 valence electrons. The molecule has 1 atom stereocenters. The zero-order valence-corrected chi connectivity index (χ0v) is 13.4. The fourth-order valence-corrected chi connectivity index (χ4v) is 2.97. The van der Waals surface area contributed by atoms with Crippen LogP contribution in [-0.2, 0) is 11.3 Å². The lowest BCUT2D eigenvalue weighted by Crippen LogP contribution is -2.42. The van der Waals surface area contributed by atoms with Crippen molar-refractivity contribution in [2.45, 2.75) is 19.5 Å². The lowest BCUT2D eigenvalue weighted by molar-refractivity contribution is 0.0159. The molecule has 5 heteroatoms. The Balaban J connectivity index is 1.67. The number of ether oxygens (including phenoxy) is 1. The van der Waals surface area contributed by atoms with Gasteiger partial charge in [-0.15, -0.1) is 0 Å². The Morgan fingerprint density at radius 3 is 2.74 bits per heavy atom. The highest BCUT2D eigenvalue weighted by atomic mass is 19.1. The summed E-state index contributed by atoms with van der Waals surface area (Å²) in [7, 11) is 0. The summed E-state index contributed by atoms with van der Waals surface area (Å²) in [5.74, 6) is 1.64. The van der Waals surface area contributed by atoms with Crippen LogP contribution < -0.4 is 5.32 Å². The maximum Gasteiger partial charge on any atom is 0.123 e. The number of furan rings is 1. The Morgan fingerprint density at radius 2 is 2.04 bits per heavy atom. The van der Waals surface area contributed by atoms with Crippen molar-refractivity contribution in [3.8, 4) is 0 Å². The molecule has 0 saturated carbocycles. The summed E-state index contributed by atoms with van der Waals surface area (Å²) in [6.07, 6.45) is 0. The zero-order chi connectivity index (χ0) is 16.1. The average molecular weight is 318 g/mol. The number of nitrogens with one attached hydrogen (secondary N) is 1. The standard InChI is InChI=1S/C18H23FN2O2/c1-14-5-6-17(23-14)12-20-13-18(21-7-9-22-10-8-21)15-3-2-4-16(19)11-15/h2-6,11,18,20H,7-10,12-13H2,1H3. The van der Waals surface area contributed by atoms with E-state index in [0.717, 1.165) is 49.9 Å². The van der Waals surface area contributed by atoms with Gasteiger partial charge in [0.05, 0.1) is 19.8 Å². The van der Waals surface area contributed by atoms with Crippen molar-refractivity contribution in [1.82, 2.24) is 10.2 Å². The van der Waals surface area contributed by atoms with E-state index in [4.69, 9.17) is 9.15 Å². The number of aryl methyl sites for hydroxylation is 1. The van der Waals surface area contributed by atoms with Gasteiger partial charge in [-0.1, -0.05) is 12.1 Å². The molecule has 0 radical (unpaired) electrons. The van der Waals surface area contributed by atoms with Gasteiger partial charge in [-0.25, -0.2) is 4.39 Å². The molecule has 0 aliphatic carbocycles. The topological polar surface area (TPSA) is 37.6 Å². The van der Waals surface area contributed by atoms with E-state index in [9.17, 15) is 4.39 Å². The SMILES string of the molecule is Cc1ccc(CNCC(c2cccc(F)c2)N2CCOCC2)o1. The molecule has 0 amide bonds. The Hall–Kier alpha value is -1.69. The average Bonchev–Trinajstić information content (AvgIpc) is 2.98. The molecule has 1 N–H and O–H groups in total. The fourth-order valence-electron chi connectivity index (χ4n) is 2.97. The van der Waals surface area contributed by atoms with Crippen molar-refractivity contribution in [2.24, 2.45) is 0 Å². The van der Waals surface area contributed by atoms with Crippen LogP contribution in [0.5, 0.6) is 0 Å².